The van der Waals surface area contributed by atoms with Gasteiger partial charge in [-0.05, 0) is 100 Å². The van der Waals surface area contributed by atoms with Gasteiger partial charge in [-0.15, -0.1) is 0 Å². The Balaban J connectivity index is 1.19. The van der Waals surface area contributed by atoms with Crippen LogP contribution in [0.2, 0.25) is 0 Å². The molecule has 2 heteroatoms. The Morgan fingerprint density at radius 2 is 0.620 bits per heavy atom. The first-order valence-corrected chi connectivity index (χ1v) is 17.2. The maximum atomic E-state index is 2.40. The van der Waals surface area contributed by atoms with E-state index >= 15 is 0 Å². The van der Waals surface area contributed by atoms with Crippen LogP contribution in [0.15, 0.2) is 194 Å². The first-order chi connectivity index (χ1) is 24.8. The molecule has 8 aromatic carbocycles. The second-order valence-electron chi connectivity index (χ2n) is 13.0. The number of fused-ring (bicyclic) bond motifs is 6. The summed E-state index contributed by atoms with van der Waals surface area (Å²) >= 11 is 0. The fourth-order valence-corrected chi connectivity index (χ4v) is 7.84. The molecule has 0 spiro atoms. The van der Waals surface area contributed by atoms with Gasteiger partial charge in [0.2, 0.25) is 0 Å². The molecule has 0 amide bonds. The molecule has 10 rings (SSSR count). The summed E-state index contributed by atoms with van der Waals surface area (Å²) in [6.45, 7) is 0. The van der Waals surface area contributed by atoms with Gasteiger partial charge in [0.05, 0.1) is 22.1 Å². The van der Waals surface area contributed by atoms with E-state index in [1.165, 1.54) is 82.7 Å². The third kappa shape index (κ3) is 4.50. The Morgan fingerprint density at radius 3 is 1.18 bits per heavy atom. The molecule has 234 valence electrons. The molecule has 0 fully saturated rings. The number of aromatic nitrogens is 2. The van der Waals surface area contributed by atoms with Crippen LogP contribution in [0.4, 0.5) is 0 Å². The van der Waals surface area contributed by atoms with Crippen molar-refractivity contribution in [3.8, 4) is 44.8 Å². The van der Waals surface area contributed by atoms with Crippen molar-refractivity contribution in [2.45, 2.75) is 0 Å². The van der Waals surface area contributed by atoms with Crippen LogP contribution in [0.5, 0.6) is 0 Å². The Bertz CT molecular complexity index is 2840. The third-order valence-corrected chi connectivity index (χ3v) is 10.1. The molecule has 2 nitrogen and oxygen atoms in total. The summed E-state index contributed by atoms with van der Waals surface area (Å²) in [5.41, 5.74) is 14.5. The molecule has 0 aliphatic heterocycles. The van der Waals surface area contributed by atoms with Crippen molar-refractivity contribution in [3.63, 3.8) is 0 Å². The molecule has 0 radical (unpaired) electrons. The number of hydrogen-bond donors (Lipinski definition) is 0. The van der Waals surface area contributed by atoms with Crippen molar-refractivity contribution >= 4 is 43.6 Å². The highest BCUT2D eigenvalue weighted by molar-refractivity contribution is 6.13. The van der Waals surface area contributed by atoms with Crippen LogP contribution in [-0.4, -0.2) is 9.13 Å². The van der Waals surface area contributed by atoms with Gasteiger partial charge in [-0.3, -0.25) is 0 Å². The lowest BCUT2D eigenvalue weighted by atomic mass is 9.93. The van der Waals surface area contributed by atoms with Crippen LogP contribution in [0.25, 0.3) is 88.4 Å². The monoisotopic (exact) mass is 636 g/mol. The summed E-state index contributed by atoms with van der Waals surface area (Å²) in [5.74, 6) is 0. The molecule has 0 saturated heterocycles. The van der Waals surface area contributed by atoms with Gasteiger partial charge in [0.25, 0.3) is 0 Å². The average Bonchev–Trinajstić information content (AvgIpc) is 3.70. The Labute approximate surface area is 290 Å². The van der Waals surface area contributed by atoms with Gasteiger partial charge in [-0.25, -0.2) is 0 Å². The molecule has 0 saturated carbocycles. The standard InChI is InChI=1S/C48H32N2/c1-4-14-33(15-5-1)39-20-10-11-21-40(39)36-26-29-48-44(32-36)43-31-35(25-28-47(43)50(48)38-18-8-3-9-19-38)34-24-27-46-42(30-34)41-22-12-13-23-45(41)49(46)37-16-6-2-7-17-37/h1-32H. The van der Waals surface area contributed by atoms with Gasteiger partial charge < -0.3 is 9.13 Å². The molecule has 0 atom stereocenters. The van der Waals surface area contributed by atoms with Crippen LogP contribution in [0.3, 0.4) is 0 Å². The summed E-state index contributed by atoms with van der Waals surface area (Å²) in [6, 6.07) is 70.4. The zero-order chi connectivity index (χ0) is 33.0. The third-order valence-electron chi connectivity index (χ3n) is 10.1. The Kier molecular flexibility index (Phi) is 6.53. The Morgan fingerprint density at radius 1 is 0.240 bits per heavy atom. The van der Waals surface area contributed by atoms with Crippen LogP contribution in [-0.2, 0) is 0 Å². The minimum absolute atomic E-state index is 1.16. The molecule has 0 N–H and O–H groups in total. The lowest BCUT2D eigenvalue weighted by Gasteiger charge is -2.11. The topological polar surface area (TPSA) is 9.86 Å². The molecule has 2 heterocycles. The molecule has 0 bridgehead atoms. The molecule has 0 aliphatic carbocycles. The summed E-state index contributed by atoms with van der Waals surface area (Å²) in [5, 5.41) is 5.00. The van der Waals surface area contributed by atoms with E-state index in [0.29, 0.717) is 0 Å². The van der Waals surface area contributed by atoms with E-state index in [2.05, 4.69) is 203 Å². The van der Waals surface area contributed by atoms with Crippen LogP contribution >= 0.6 is 0 Å². The van der Waals surface area contributed by atoms with Crippen molar-refractivity contribution in [1.29, 1.82) is 0 Å². The highest BCUT2D eigenvalue weighted by Crippen LogP contribution is 2.40. The lowest BCUT2D eigenvalue weighted by molar-refractivity contribution is 1.18. The number of nitrogens with zero attached hydrogens (tertiary/aromatic N) is 2. The van der Waals surface area contributed by atoms with Gasteiger partial charge >= 0.3 is 0 Å². The summed E-state index contributed by atoms with van der Waals surface area (Å²) in [7, 11) is 0. The van der Waals surface area contributed by atoms with Crippen molar-refractivity contribution in [2.24, 2.45) is 0 Å². The van der Waals surface area contributed by atoms with E-state index in [4.69, 9.17) is 0 Å². The summed E-state index contributed by atoms with van der Waals surface area (Å²) in [6.07, 6.45) is 0. The highest BCUT2D eigenvalue weighted by Gasteiger charge is 2.17. The smallest absolute Gasteiger partial charge is 0.0541 e. The predicted molar refractivity (Wildman–Crippen MR) is 211 cm³/mol. The maximum Gasteiger partial charge on any atom is 0.0541 e. The molecule has 0 unspecified atom stereocenters. The van der Waals surface area contributed by atoms with E-state index in [-0.39, 0.29) is 0 Å². The zero-order valence-corrected chi connectivity index (χ0v) is 27.4. The molecule has 50 heavy (non-hydrogen) atoms. The normalized spacial score (nSPS) is 11.6. The van der Waals surface area contributed by atoms with Crippen molar-refractivity contribution in [3.05, 3.63) is 194 Å². The van der Waals surface area contributed by atoms with Gasteiger partial charge in [-0.2, -0.15) is 0 Å². The van der Waals surface area contributed by atoms with E-state index in [1.807, 2.05) is 0 Å². The maximum absolute atomic E-state index is 2.40. The van der Waals surface area contributed by atoms with E-state index < -0.39 is 0 Å². The van der Waals surface area contributed by atoms with Crippen LogP contribution in [0.1, 0.15) is 0 Å². The first kappa shape index (κ1) is 28.4. The largest absolute Gasteiger partial charge is 0.309 e. The lowest BCUT2D eigenvalue weighted by Crippen LogP contribution is -1.93. The second kappa shape index (κ2) is 11.5. The van der Waals surface area contributed by atoms with Crippen molar-refractivity contribution in [1.82, 2.24) is 9.13 Å². The van der Waals surface area contributed by atoms with Gasteiger partial charge in [0.1, 0.15) is 0 Å². The minimum atomic E-state index is 1.16. The fourth-order valence-electron chi connectivity index (χ4n) is 7.84. The average molecular weight is 637 g/mol. The van der Waals surface area contributed by atoms with Gasteiger partial charge in [-0.1, -0.05) is 127 Å². The summed E-state index contributed by atoms with van der Waals surface area (Å²) in [4.78, 5) is 0. The number of hydrogen-bond acceptors (Lipinski definition) is 0. The van der Waals surface area contributed by atoms with Gasteiger partial charge in [0.15, 0.2) is 0 Å². The number of rotatable bonds is 5. The quantitative estimate of drug-likeness (QED) is 0.178. The van der Waals surface area contributed by atoms with Gasteiger partial charge in [0, 0.05) is 32.9 Å². The predicted octanol–water partition coefficient (Wildman–Crippen LogP) is 12.9. The molecular formula is C48H32N2. The van der Waals surface area contributed by atoms with E-state index in [0.717, 1.165) is 5.69 Å². The SMILES string of the molecule is c1ccc(-c2ccccc2-c2ccc3c(c2)c2cc(-c4ccc5c(c4)c4ccccc4n5-c4ccccc4)ccc2n3-c2ccccc2)cc1. The highest BCUT2D eigenvalue weighted by atomic mass is 15.0. The minimum Gasteiger partial charge on any atom is -0.309 e. The van der Waals surface area contributed by atoms with E-state index in [1.54, 1.807) is 0 Å². The molecule has 10 aromatic rings. The van der Waals surface area contributed by atoms with Crippen molar-refractivity contribution < 1.29 is 0 Å². The van der Waals surface area contributed by atoms with Crippen molar-refractivity contribution in [2.75, 3.05) is 0 Å². The fraction of sp³-hybridized carbons (Fsp3) is 0. The number of benzene rings is 8. The Hall–Kier alpha value is -6.64. The second-order valence-corrected chi connectivity index (χ2v) is 13.0. The van der Waals surface area contributed by atoms with Crippen LogP contribution < -0.4 is 0 Å². The molecule has 2 aromatic heterocycles. The summed E-state index contributed by atoms with van der Waals surface area (Å²) < 4.78 is 4.78. The van der Waals surface area contributed by atoms with E-state index in [9.17, 15) is 0 Å². The first-order valence-electron chi connectivity index (χ1n) is 17.2. The molecule has 0 aliphatic rings. The zero-order valence-electron chi connectivity index (χ0n) is 27.4. The molecular weight excluding hydrogens is 605 g/mol. The van der Waals surface area contributed by atoms with Crippen LogP contribution in [0, 0.1) is 0 Å². The number of para-hydroxylation sites is 3.